The first-order valence-electron chi connectivity index (χ1n) is 20.5. The molecule has 0 saturated heterocycles. The van der Waals surface area contributed by atoms with Gasteiger partial charge in [-0.2, -0.15) is 0 Å². The van der Waals surface area contributed by atoms with Crippen molar-refractivity contribution >= 4 is 176 Å². The molecule has 0 spiro atoms. The van der Waals surface area contributed by atoms with Crippen LogP contribution in [0.5, 0.6) is 0 Å². The molecule has 9 aromatic rings. The predicted octanol–water partition coefficient (Wildman–Crippen LogP) is -5.37. The van der Waals surface area contributed by atoms with E-state index in [1.807, 2.05) is 0 Å². The van der Waals surface area contributed by atoms with Crippen LogP contribution in [0.3, 0.4) is 0 Å². The molecular formula is C45H42B10N2. The van der Waals surface area contributed by atoms with E-state index in [0.29, 0.717) is 0 Å². The molecular weight excluding hydrogens is 677 g/mol. The number of hydrogen-bond donors (Lipinski definition) is 0. The molecule has 0 bridgehead atoms. The van der Waals surface area contributed by atoms with Gasteiger partial charge in [-0.25, -0.2) is 4.98 Å². The lowest BCUT2D eigenvalue weighted by Gasteiger charge is -2.25. The number of aryl methyl sites for hydroxylation is 1. The fourth-order valence-electron chi connectivity index (χ4n) is 9.85. The number of nitrogens with zero attached hydrogens (tertiary/aromatic N) is 2. The maximum atomic E-state index is 4.96. The fourth-order valence-corrected chi connectivity index (χ4v) is 9.85. The molecule has 262 valence electrons. The van der Waals surface area contributed by atoms with Crippen LogP contribution < -0.4 is 54.6 Å². The van der Waals surface area contributed by atoms with Crippen molar-refractivity contribution in [2.45, 2.75) is 13.3 Å². The Balaban J connectivity index is 1.35. The smallest absolute Gasteiger partial charge is 0.139 e. The van der Waals surface area contributed by atoms with Crippen molar-refractivity contribution in [2.24, 2.45) is 0 Å². The first-order valence-corrected chi connectivity index (χ1v) is 20.5. The molecule has 0 saturated carbocycles. The van der Waals surface area contributed by atoms with Gasteiger partial charge in [-0.15, -0.1) is 32.8 Å². The van der Waals surface area contributed by atoms with Gasteiger partial charge in [-0.05, 0) is 102 Å². The first-order chi connectivity index (χ1) is 27.4. The van der Waals surface area contributed by atoms with E-state index in [4.69, 9.17) is 4.98 Å². The van der Waals surface area contributed by atoms with Gasteiger partial charge in [0.15, 0.2) is 0 Å². The molecule has 8 aromatic carbocycles. The van der Waals surface area contributed by atoms with Crippen LogP contribution in [-0.4, -0.2) is 88.0 Å². The van der Waals surface area contributed by atoms with Gasteiger partial charge in [0, 0.05) is 12.1 Å². The van der Waals surface area contributed by atoms with Crippen molar-refractivity contribution in [1.82, 2.24) is 9.55 Å². The monoisotopic (exact) mass is 720 g/mol. The molecule has 2 nitrogen and oxygen atoms in total. The lowest BCUT2D eigenvalue weighted by atomic mass is 9.59. The summed E-state index contributed by atoms with van der Waals surface area (Å²) >= 11 is 0. The third-order valence-corrected chi connectivity index (χ3v) is 13.9. The molecule has 0 N–H and O–H groups in total. The van der Waals surface area contributed by atoms with Gasteiger partial charge in [0.25, 0.3) is 0 Å². The third kappa shape index (κ3) is 5.65. The second-order valence-electron chi connectivity index (χ2n) is 16.5. The van der Waals surface area contributed by atoms with Crippen molar-refractivity contribution in [1.29, 1.82) is 0 Å². The van der Waals surface area contributed by atoms with Gasteiger partial charge in [0.1, 0.15) is 84.3 Å². The van der Waals surface area contributed by atoms with Crippen LogP contribution in [0.25, 0.3) is 82.4 Å². The number of hydrogen-bond acceptors (Lipinski definition) is 1. The van der Waals surface area contributed by atoms with Crippen LogP contribution in [0, 0.1) is 0 Å². The predicted molar refractivity (Wildman–Crippen MR) is 281 cm³/mol. The summed E-state index contributed by atoms with van der Waals surface area (Å²) in [5.41, 5.74) is 25.0. The maximum absolute atomic E-state index is 4.96. The topological polar surface area (TPSA) is 17.8 Å². The molecule has 0 fully saturated rings. The number of rotatable bonds is 5. The molecule has 1 aromatic heterocycles. The molecule has 0 atom stereocenters. The Morgan fingerprint density at radius 2 is 0.912 bits per heavy atom. The van der Waals surface area contributed by atoms with E-state index in [1.165, 1.54) is 120 Å². The van der Waals surface area contributed by atoms with Crippen LogP contribution in [0.15, 0.2) is 103 Å². The van der Waals surface area contributed by atoms with Crippen LogP contribution in [0.1, 0.15) is 12.7 Å². The minimum atomic E-state index is 0.868. The number of aromatic nitrogens is 2. The van der Waals surface area contributed by atoms with E-state index in [9.17, 15) is 0 Å². The number of imidazole rings is 1. The van der Waals surface area contributed by atoms with E-state index < -0.39 is 0 Å². The van der Waals surface area contributed by atoms with Gasteiger partial charge in [0.2, 0.25) is 0 Å². The molecule has 0 radical (unpaired) electrons. The van der Waals surface area contributed by atoms with Crippen molar-refractivity contribution in [3.05, 3.63) is 109 Å². The van der Waals surface area contributed by atoms with Crippen molar-refractivity contribution in [3.63, 3.8) is 0 Å². The third-order valence-electron chi connectivity index (χ3n) is 13.9. The first kappa shape index (κ1) is 37.2. The largest absolute Gasteiger partial charge is 0.296 e. The summed E-state index contributed by atoms with van der Waals surface area (Å²) in [6.07, 6.45) is 0.868. The van der Waals surface area contributed by atoms with Crippen LogP contribution in [0.2, 0.25) is 0 Å². The summed E-state index contributed by atoms with van der Waals surface area (Å²) in [5.74, 6) is 1.08. The Hall–Kier alpha value is -5.34. The summed E-state index contributed by atoms with van der Waals surface area (Å²) in [4.78, 5) is 4.96. The van der Waals surface area contributed by atoms with Crippen LogP contribution in [0.4, 0.5) is 0 Å². The van der Waals surface area contributed by atoms with E-state index in [2.05, 4.69) is 193 Å². The number of benzene rings is 8. The zero-order chi connectivity index (χ0) is 40.0. The Morgan fingerprint density at radius 3 is 1.56 bits per heavy atom. The highest BCUT2D eigenvalue weighted by molar-refractivity contribution is 6.70. The van der Waals surface area contributed by atoms with Gasteiger partial charge in [-0.3, -0.25) is 4.57 Å². The minimum Gasteiger partial charge on any atom is -0.296 e. The summed E-state index contributed by atoms with van der Waals surface area (Å²) in [7, 11) is 23.0. The summed E-state index contributed by atoms with van der Waals surface area (Å²) in [6.45, 7) is 2.18. The number of fused-ring (bicyclic) bond motifs is 4. The molecule has 1 heterocycles. The van der Waals surface area contributed by atoms with Crippen molar-refractivity contribution in [2.75, 3.05) is 0 Å². The van der Waals surface area contributed by atoms with E-state index >= 15 is 0 Å². The van der Waals surface area contributed by atoms with E-state index in [-0.39, 0.29) is 0 Å². The van der Waals surface area contributed by atoms with Gasteiger partial charge >= 0.3 is 0 Å². The average Bonchev–Trinajstić information content (AvgIpc) is 3.62. The minimum absolute atomic E-state index is 0.868. The molecule has 57 heavy (non-hydrogen) atoms. The van der Waals surface area contributed by atoms with Crippen molar-refractivity contribution < 1.29 is 0 Å². The summed E-state index contributed by atoms with van der Waals surface area (Å²) in [5, 5.41) is 7.61. The van der Waals surface area contributed by atoms with Crippen LogP contribution >= 0.6 is 0 Å². The second-order valence-corrected chi connectivity index (χ2v) is 16.5. The lowest BCUT2D eigenvalue weighted by Crippen LogP contribution is -2.55. The molecule has 0 aliphatic heterocycles. The zero-order valence-electron chi connectivity index (χ0n) is 35.4. The molecule has 0 aliphatic rings. The fraction of sp³-hybridized carbons (Fsp3) is 0.0444. The highest BCUT2D eigenvalue weighted by atomic mass is 15.1. The standard InChI is InChI=1S/C45H42B10N2/c1-2-31-56-29-9-5-6-10-30(29)57(31)24-15-13-20-17-22(12-11-21(20)18-24)32-25-7-3-4-8-26(25)34(35-38(48)42(52)45(55)43(53)39(35)49)28-19-23(14-16-27(28)32)33-36(46)40(50)44(54)41(51)37(33)47/h3-19H,2,46-55H2,1H3. The van der Waals surface area contributed by atoms with Gasteiger partial charge in [-0.1, -0.05) is 95.5 Å². The average molecular weight is 719 g/mol. The molecule has 0 unspecified atom stereocenters. The second kappa shape index (κ2) is 13.9. The SMILES string of the molecule is Bc1c(B)c(B)c(-c2ccc3c(-c4ccc5cc(-n6c(CC)nc7ccccc76)ccc5c4)c4ccccc4c(-c4c(B)c(B)c(B)c(B)c4B)c3c2)c(B)c1B. The van der Waals surface area contributed by atoms with E-state index in [0.717, 1.165) is 29.0 Å². The Bertz CT molecular complexity index is 3130. The summed E-state index contributed by atoms with van der Waals surface area (Å²) < 4.78 is 2.32. The van der Waals surface area contributed by atoms with Gasteiger partial charge in [0.05, 0.1) is 11.0 Å². The zero-order valence-corrected chi connectivity index (χ0v) is 35.4. The number of para-hydroxylation sites is 2. The highest BCUT2D eigenvalue weighted by Crippen LogP contribution is 2.44. The highest BCUT2D eigenvalue weighted by Gasteiger charge is 2.23. The lowest BCUT2D eigenvalue weighted by molar-refractivity contribution is 0.909. The normalized spacial score (nSPS) is 11.7. The Kier molecular flexibility index (Phi) is 9.11. The molecule has 0 aliphatic carbocycles. The van der Waals surface area contributed by atoms with Crippen LogP contribution in [-0.2, 0) is 6.42 Å². The van der Waals surface area contributed by atoms with Gasteiger partial charge < -0.3 is 0 Å². The molecule has 12 heteroatoms. The quantitative estimate of drug-likeness (QED) is 0.129. The summed E-state index contributed by atoms with van der Waals surface area (Å²) in [6, 6.07) is 38.8. The maximum Gasteiger partial charge on any atom is 0.139 e. The molecule has 9 rings (SSSR count). The van der Waals surface area contributed by atoms with E-state index in [1.54, 1.807) is 0 Å². The van der Waals surface area contributed by atoms with Crippen molar-refractivity contribution in [3.8, 4) is 39.1 Å². The Labute approximate surface area is 345 Å². The molecule has 0 amide bonds. The Morgan fingerprint density at radius 1 is 0.421 bits per heavy atom.